The highest BCUT2D eigenvalue weighted by Gasteiger charge is 2.29. The summed E-state index contributed by atoms with van der Waals surface area (Å²) in [6.07, 6.45) is 14.0. The van der Waals surface area contributed by atoms with Crippen molar-refractivity contribution in [2.75, 3.05) is 13.1 Å². The quantitative estimate of drug-likeness (QED) is 0.713. The van der Waals surface area contributed by atoms with Crippen LogP contribution in [0.3, 0.4) is 0 Å². The molecule has 0 aromatic carbocycles. The summed E-state index contributed by atoms with van der Waals surface area (Å²) in [4.78, 5) is 37.2. The van der Waals surface area contributed by atoms with Crippen LogP contribution < -0.4 is 5.32 Å². The fourth-order valence-corrected chi connectivity index (χ4v) is 5.89. The molecule has 1 N–H and O–H groups in total. The van der Waals surface area contributed by atoms with Crippen LogP contribution in [0.4, 0.5) is 0 Å². The van der Waals surface area contributed by atoms with Crippen molar-refractivity contribution in [1.82, 2.24) is 20.2 Å². The van der Waals surface area contributed by atoms with Gasteiger partial charge in [-0.1, -0.05) is 32.1 Å². The van der Waals surface area contributed by atoms with E-state index in [1.807, 2.05) is 13.8 Å². The lowest BCUT2D eigenvalue weighted by atomic mass is 9.86. The fourth-order valence-electron chi connectivity index (χ4n) is 5.89. The van der Waals surface area contributed by atoms with Gasteiger partial charge in [0.15, 0.2) is 0 Å². The van der Waals surface area contributed by atoms with Crippen molar-refractivity contribution in [3.8, 4) is 0 Å². The zero-order valence-electron chi connectivity index (χ0n) is 20.0. The van der Waals surface area contributed by atoms with Gasteiger partial charge in [-0.05, 0) is 58.3 Å². The van der Waals surface area contributed by atoms with Crippen LogP contribution in [0.1, 0.15) is 106 Å². The maximum atomic E-state index is 12.9. The number of rotatable bonds is 6. The van der Waals surface area contributed by atoms with Gasteiger partial charge in [-0.15, -0.1) is 0 Å². The van der Waals surface area contributed by atoms with Crippen LogP contribution in [-0.4, -0.2) is 45.8 Å². The summed E-state index contributed by atoms with van der Waals surface area (Å²) in [6.45, 7) is 5.57. The topological polar surface area (TPSA) is 75.2 Å². The molecule has 2 saturated carbocycles. The summed E-state index contributed by atoms with van der Waals surface area (Å²) >= 11 is 0. The molecule has 6 heteroatoms. The zero-order valence-corrected chi connectivity index (χ0v) is 20.0. The summed E-state index contributed by atoms with van der Waals surface area (Å²) in [5.41, 5.74) is 2.75. The van der Waals surface area contributed by atoms with Crippen molar-refractivity contribution >= 4 is 11.8 Å². The Bertz CT molecular complexity index is 789. The van der Waals surface area contributed by atoms with Gasteiger partial charge in [-0.25, -0.2) is 9.97 Å². The van der Waals surface area contributed by atoms with E-state index >= 15 is 0 Å². The SMILES string of the molecule is Cc1nc(C2CCCN(C(=O)CC3CCCCC3)C2)nc(C)c1CC(=O)NC1CCCC1. The molecule has 1 saturated heterocycles. The maximum Gasteiger partial charge on any atom is 0.224 e. The molecule has 1 atom stereocenters. The van der Waals surface area contributed by atoms with Gasteiger partial charge in [-0.2, -0.15) is 0 Å². The molecule has 0 bridgehead atoms. The number of carbonyl (C=O) groups is 2. The van der Waals surface area contributed by atoms with Crippen molar-refractivity contribution in [2.24, 2.45) is 5.92 Å². The van der Waals surface area contributed by atoms with Crippen LogP contribution in [0.2, 0.25) is 0 Å². The molecule has 0 radical (unpaired) electrons. The highest BCUT2D eigenvalue weighted by atomic mass is 16.2. The Morgan fingerprint density at radius 2 is 1.56 bits per heavy atom. The number of hydrogen-bond acceptors (Lipinski definition) is 4. The van der Waals surface area contributed by atoms with E-state index in [0.29, 0.717) is 30.7 Å². The molecular formula is C26H40N4O2. The van der Waals surface area contributed by atoms with E-state index in [1.165, 1.54) is 44.9 Å². The smallest absolute Gasteiger partial charge is 0.224 e. The molecule has 3 aliphatic rings. The lowest BCUT2D eigenvalue weighted by molar-refractivity contribution is -0.133. The van der Waals surface area contributed by atoms with E-state index in [9.17, 15) is 9.59 Å². The van der Waals surface area contributed by atoms with E-state index in [0.717, 1.165) is 61.5 Å². The van der Waals surface area contributed by atoms with Crippen molar-refractivity contribution in [2.45, 2.75) is 109 Å². The number of amides is 2. The predicted molar refractivity (Wildman–Crippen MR) is 125 cm³/mol. The normalized spacial score (nSPS) is 22.8. The minimum absolute atomic E-state index is 0.0802. The monoisotopic (exact) mass is 440 g/mol. The third-order valence-corrected chi connectivity index (χ3v) is 7.82. The molecule has 176 valence electrons. The number of nitrogens with zero attached hydrogens (tertiary/aromatic N) is 3. The number of likely N-dealkylation sites (tertiary alicyclic amines) is 1. The average molecular weight is 441 g/mol. The molecule has 1 aliphatic heterocycles. The van der Waals surface area contributed by atoms with Crippen LogP contribution in [0, 0.1) is 19.8 Å². The van der Waals surface area contributed by atoms with Gasteiger partial charge >= 0.3 is 0 Å². The highest BCUT2D eigenvalue weighted by molar-refractivity contribution is 5.79. The van der Waals surface area contributed by atoms with Crippen LogP contribution in [0.15, 0.2) is 0 Å². The summed E-state index contributed by atoms with van der Waals surface area (Å²) in [5, 5.41) is 3.17. The van der Waals surface area contributed by atoms with Crippen LogP contribution >= 0.6 is 0 Å². The second-order valence-electron chi connectivity index (χ2n) is 10.3. The molecule has 1 aromatic heterocycles. The number of carbonyl (C=O) groups excluding carboxylic acids is 2. The van der Waals surface area contributed by atoms with Crippen molar-refractivity contribution in [3.05, 3.63) is 22.8 Å². The van der Waals surface area contributed by atoms with Crippen LogP contribution in [-0.2, 0) is 16.0 Å². The molecular weight excluding hydrogens is 400 g/mol. The zero-order chi connectivity index (χ0) is 22.5. The first-order valence-corrected chi connectivity index (χ1v) is 12.9. The summed E-state index contributed by atoms with van der Waals surface area (Å²) < 4.78 is 0. The van der Waals surface area contributed by atoms with E-state index in [-0.39, 0.29) is 11.8 Å². The van der Waals surface area contributed by atoms with Gasteiger partial charge in [0.1, 0.15) is 5.82 Å². The van der Waals surface area contributed by atoms with Gasteiger partial charge in [-0.3, -0.25) is 9.59 Å². The van der Waals surface area contributed by atoms with Gasteiger partial charge in [0.25, 0.3) is 0 Å². The van der Waals surface area contributed by atoms with Gasteiger partial charge in [0.2, 0.25) is 11.8 Å². The first-order valence-electron chi connectivity index (χ1n) is 12.9. The van der Waals surface area contributed by atoms with E-state index in [4.69, 9.17) is 9.97 Å². The van der Waals surface area contributed by atoms with Crippen LogP contribution in [0.5, 0.6) is 0 Å². The standard InChI is InChI=1S/C26H40N4O2/c1-18-23(16-24(31)29-22-12-6-7-13-22)19(2)28-26(27-18)21-11-8-14-30(17-21)25(32)15-20-9-4-3-5-10-20/h20-22H,3-17H2,1-2H3,(H,29,31). The Balaban J connectivity index is 1.37. The second kappa shape index (κ2) is 10.8. The largest absolute Gasteiger partial charge is 0.353 e. The Hall–Kier alpha value is -1.98. The Morgan fingerprint density at radius 1 is 0.906 bits per heavy atom. The number of piperidine rings is 1. The molecule has 2 heterocycles. The molecule has 6 nitrogen and oxygen atoms in total. The van der Waals surface area contributed by atoms with Gasteiger partial charge in [0.05, 0.1) is 6.42 Å². The second-order valence-corrected chi connectivity index (χ2v) is 10.3. The fraction of sp³-hybridized carbons (Fsp3) is 0.769. The Kier molecular flexibility index (Phi) is 7.80. The lowest BCUT2D eigenvalue weighted by Crippen LogP contribution is -2.40. The lowest BCUT2D eigenvalue weighted by Gasteiger charge is -2.34. The minimum Gasteiger partial charge on any atom is -0.353 e. The van der Waals surface area contributed by atoms with Crippen molar-refractivity contribution in [1.29, 1.82) is 0 Å². The molecule has 32 heavy (non-hydrogen) atoms. The molecule has 4 rings (SSSR count). The Morgan fingerprint density at radius 3 is 2.25 bits per heavy atom. The molecule has 1 unspecified atom stereocenters. The molecule has 2 amide bonds. The van der Waals surface area contributed by atoms with Gasteiger partial charge < -0.3 is 10.2 Å². The van der Waals surface area contributed by atoms with E-state index in [1.54, 1.807) is 0 Å². The van der Waals surface area contributed by atoms with E-state index < -0.39 is 0 Å². The third-order valence-electron chi connectivity index (χ3n) is 7.82. The number of nitrogens with one attached hydrogen (secondary N) is 1. The highest BCUT2D eigenvalue weighted by Crippen LogP contribution is 2.30. The molecule has 2 aliphatic carbocycles. The molecule has 0 spiro atoms. The van der Waals surface area contributed by atoms with Crippen molar-refractivity contribution < 1.29 is 9.59 Å². The average Bonchev–Trinajstić information content (AvgIpc) is 3.30. The van der Waals surface area contributed by atoms with Crippen molar-refractivity contribution in [3.63, 3.8) is 0 Å². The predicted octanol–water partition coefficient (Wildman–Crippen LogP) is 4.37. The molecule has 3 fully saturated rings. The first kappa shape index (κ1) is 23.2. The van der Waals surface area contributed by atoms with Crippen LogP contribution in [0.25, 0.3) is 0 Å². The summed E-state index contributed by atoms with van der Waals surface area (Å²) in [7, 11) is 0. The summed E-state index contributed by atoms with van der Waals surface area (Å²) in [6, 6.07) is 0.336. The minimum atomic E-state index is 0.0802. The summed E-state index contributed by atoms with van der Waals surface area (Å²) in [5.74, 6) is 2.01. The van der Waals surface area contributed by atoms with Gasteiger partial charge in [0, 0.05) is 48.4 Å². The third kappa shape index (κ3) is 5.87. The maximum absolute atomic E-state index is 12.9. The Labute approximate surface area is 193 Å². The number of hydrogen-bond donors (Lipinski definition) is 1. The number of aryl methyl sites for hydroxylation is 2. The molecule has 1 aromatic rings. The number of aromatic nitrogens is 2. The van der Waals surface area contributed by atoms with E-state index in [2.05, 4.69) is 10.2 Å². The first-order chi connectivity index (χ1) is 15.5.